The number of carbonyl (C=O) groups is 1. The van der Waals surface area contributed by atoms with E-state index in [-0.39, 0.29) is 6.61 Å². The molecule has 5 nitrogen and oxygen atoms in total. The van der Waals surface area contributed by atoms with Crippen LogP contribution >= 0.6 is 0 Å². The van der Waals surface area contributed by atoms with E-state index in [0.717, 1.165) is 0 Å². The number of aliphatic hydroxyl groups is 2. The summed E-state index contributed by atoms with van der Waals surface area (Å²) in [6.07, 6.45) is 0. The van der Waals surface area contributed by atoms with E-state index < -0.39 is 18.6 Å². The standard InChI is InChI=1S/C3H7NO3.C2H6O/c4-2(1-5)3(6)7;1-2-3/h2,5H,1,4H2,(H,6,7);3H,2H2,1H3/t2-;/m1./s1. The van der Waals surface area contributed by atoms with Crippen LogP contribution in [0.15, 0.2) is 0 Å². The summed E-state index contributed by atoms with van der Waals surface area (Å²) >= 11 is 0. The molecular weight excluding hydrogens is 138 g/mol. The molecule has 0 saturated heterocycles. The molecule has 0 rings (SSSR count). The first kappa shape index (κ1) is 12.1. The third kappa shape index (κ3) is 10.4. The van der Waals surface area contributed by atoms with Gasteiger partial charge in [-0.1, -0.05) is 0 Å². The minimum Gasteiger partial charge on any atom is -0.480 e. The minimum atomic E-state index is -1.18. The molecule has 0 aliphatic heterocycles. The van der Waals surface area contributed by atoms with E-state index >= 15 is 0 Å². The van der Waals surface area contributed by atoms with Gasteiger partial charge in [0.15, 0.2) is 0 Å². The predicted molar refractivity (Wildman–Crippen MR) is 35.5 cm³/mol. The summed E-state index contributed by atoms with van der Waals surface area (Å²) in [7, 11) is 0. The first-order valence-electron chi connectivity index (χ1n) is 2.80. The van der Waals surface area contributed by atoms with Gasteiger partial charge < -0.3 is 21.1 Å². The largest absolute Gasteiger partial charge is 0.480 e. The molecule has 0 aromatic rings. The topological polar surface area (TPSA) is 104 Å². The molecule has 0 aromatic heterocycles. The van der Waals surface area contributed by atoms with E-state index in [9.17, 15) is 4.79 Å². The molecular formula is C5H13NO4. The molecule has 0 spiro atoms. The zero-order chi connectivity index (χ0) is 8.57. The molecule has 0 aliphatic carbocycles. The molecule has 5 N–H and O–H groups in total. The van der Waals surface area contributed by atoms with E-state index in [2.05, 4.69) is 0 Å². The van der Waals surface area contributed by atoms with Gasteiger partial charge in [0.2, 0.25) is 0 Å². The fourth-order valence-corrected chi connectivity index (χ4v) is 0.0781. The average Bonchev–Trinajstić information content (AvgIpc) is 1.88. The molecule has 0 amide bonds. The number of hydrogen-bond donors (Lipinski definition) is 4. The lowest BCUT2D eigenvalue weighted by molar-refractivity contribution is -0.139. The number of nitrogens with two attached hydrogens (primary N) is 1. The van der Waals surface area contributed by atoms with E-state index in [4.69, 9.17) is 21.1 Å². The summed E-state index contributed by atoms with van der Waals surface area (Å²) in [4.78, 5) is 9.65. The van der Waals surface area contributed by atoms with E-state index in [1.165, 1.54) is 0 Å². The normalized spacial score (nSPS) is 11.2. The Hall–Kier alpha value is -0.650. The monoisotopic (exact) mass is 151 g/mol. The first-order chi connectivity index (χ1) is 4.59. The van der Waals surface area contributed by atoms with Gasteiger partial charge >= 0.3 is 5.97 Å². The number of aliphatic carboxylic acids is 1. The summed E-state index contributed by atoms with van der Waals surface area (Å²) < 4.78 is 0. The molecule has 0 saturated carbocycles. The summed E-state index contributed by atoms with van der Waals surface area (Å²) in [5.41, 5.74) is 4.77. The van der Waals surface area contributed by atoms with Crippen LogP contribution in [0.25, 0.3) is 0 Å². The molecule has 62 valence electrons. The van der Waals surface area contributed by atoms with Crippen LogP contribution in [0.4, 0.5) is 0 Å². The molecule has 5 heteroatoms. The van der Waals surface area contributed by atoms with Crippen molar-refractivity contribution in [3.05, 3.63) is 0 Å². The Bertz CT molecular complexity index is 85.7. The Morgan fingerprint density at radius 1 is 1.60 bits per heavy atom. The summed E-state index contributed by atoms with van der Waals surface area (Å²) in [6.45, 7) is 1.43. The number of carboxylic acid groups (broad SMARTS) is 1. The van der Waals surface area contributed by atoms with Crippen LogP contribution in [0.1, 0.15) is 6.92 Å². The van der Waals surface area contributed by atoms with Gasteiger partial charge in [-0.05, 0) is 6.92 Å². The Balaban J connectivity index is 0. The first-order valence-corrected chi connectivity index (χ1v) is 2.80. The highest BCUT2D eigenvalue weighted by molar-refractivity contribution is 5.73. The van der Waals surface area contributed by atoms with Crippen molar-refractivity contribution >= 4 is 5.97 Å². The predicted octanol–water partition coefficient (Wildman–Crippen LogP) is -1.61. The second-order valence-corrected chi connectivity index (χ2v) is 1.44. The molecule has 0 heterocycles. The van der Waals surface area contributed by atoms with Crippen molar-refractivity contribution in [1.29, 1.82) is 0 Å². The van der Waals surface area contributed by atoms with Crippen molar-refractivity contribution in [3.63, 3.8) is 0 Å². The van der Waals surface area contributed by atoms with Crippen LogP contribution in [-0.2, 0) is 4.79 Å². The van der Waals surface area contributed by atoms with Gasteiger partial charge in [0.05, 0.1) is 6.61 Å². The molecule has 10 heavy (non-hydrogen) atoms. The van der Waals surface area contributed by atoms with E-state index in [1.807, 2.05) is 0 Å². The third-order valence-electron chi connectivity index (χ3n) is 0.514. The highest BCUT2D eigenvalue weighted by atomic mass is 16.4. The van der Waals surface area contributed by atoms with Crippen molar-refractivity contribution in [2.75, 3.05) is 13.2 Å². The minimum absolute atomic E-state index is 0.250. The smallest absolute Gasteiger partial charge is 0.322 e. The lowest BCUT2D eigenvalue weighted by Crippen LogP contribution is -2.33. The molecule has 0 unspecified atom stereocenters. The van der Waals surface area contributed by atoms with Crippen LogP contribution in [0.3, 0.4) is 0 Å². The van der Waals surface area contributed by atoms with Crippen LogP contribution in [0.2, 0.25) is 0 Å². The molecule has 0 aliphatic rings. The SMILES string of the molecule is CCO.N[C@H](CO)C(=O)O. The molecule has 0 bridgehead atoms. The Morgan fingerprint density at radius 2 is 1.90 bits per heavy atom. The highest BCUT2D eigenvalue weighted by Crippen LogP contribution is 1.71. The zero-order valence-electron chi connectivity index (χ0n) is 5.82. The maximum absolute atomic E-state index is 9.65. The van der Waals surface area contributed by atoms with E-state index in [1.54, 1.807) is 6.92 Å². The van der Waals surface area contributed by atoms with Crippen molar-refractivity contribution in [2.45, 2.75) is 13.0 Å². The summed E-state index contributed by atoms with van der Waals surface area (Å²) in [5.74, 6) is -1.18. The molecule has 0 aromatic carbocycles. The van der Waals surface area contributed by atoms with Crippen molar-refractivity contribution in [2.24, 2.45) is 5.73 Å². The maximum Gasteiger partial charge on any atom is 0.322 e. The lowest BCUT2D eigenvalue weighted by atomic mass is 10.3. The fraction of sp³-hybridized carbons (Fsp3) is 0.800. The van der Waals surface area contributed by atoms with Gasteiger partial charge in [-0.25, -0.2) is 0 Å². The van der Waals surface area contributed by atoms with Crippen molar-refractivity contribution in [3.8, 4) is 0 Å². The fourth-order valence-electron chi connectivity index (χ4n) is 0.0781. The number of aliphatic hydroxyl groups excluding tert-OH is 2. The molecule has 1 atom stereocenters. The highest BCUT2D eigenvalue weighted by Gasteiger charge is 2.06. The maximum atomic E-state index is 9.65. The van der Waals surface area contributed by atoms with Gasteiger partial charge in [0.1, 0.15) is 6.04 Å². The van der Waals surface area contributed by atoms with Crippen LogP contribution in [0.5, 0.6) is 0 Å². The lowest BCUT2D eigenvalue weighted by Gasteiger charge is -1.96. The second-order valence-electron chi connectivity index (χ2n) is 1.44. The zero-order valence-corrected chi connectivity index (χ0v) is 5.82. The number of hydrogen-bond acceptors (Lipinski definition) is 4. The van der Waals surface area contributed by atoms with E-state index in [0.29, 0.717) is 0 Å². The molecule has 0 fully saturated rings. The second kappa shape index (κ2) is 8.35. The van der Waals surface area contributed by atoms with Gasteiger partial charge in [-0.2, -0.15) is 0 Å². The van der Waals surface area contributed by atoms with Gasteiger partial charge in [0, 0.05) is 6.61 Å². The van der Waals surface area contributed by atoms with Crippen molar-refractivity contribution in [1.82, 2.24) is 0 Å². The average molecular weight is 151 g/mol. The summed E-state index contributed by atoms with van der Waals surface area (Å²) in [5, 5.41) is 23.5. The Kier molecular flexibility index (Phi) is 10.1. The quantitative estimate of drug-likeness (QED) is 0.380. The van der Waals surface area contributed by atoms with Gasteiger partial charge in [-0.3, -0.25) is 4.79 Å². The van der Waals surface area contributed by atoms with Crippen LogP contribution in [0, 0.1) is 0 Å². The van der Waals surface area contributed by atoms with Gasteiger partial charge in [-0.15, -0.1) is 0 Å². The van der Waals surface area contributed by atoms with Crippen LogP contribution < -0.4 is 5.73 Å². The Labute approximate surface area is 59.1 Å². The molecule has 0 radical (unpaired) electrons. The summed E-state index contributed by atoms with van der Waals surface area (Å²) in [6, 6.07) is -1.13. The number of carboxylic acids is 1. The number of rotatable bonds is 2. The Morgan fingerprint density at radius 3 is 1.90 bits per heavy atom. The van der Waals surface area contributed by atoms with Crippen LogP contribution in [-0.4, -0.2) is 40.5 Å². The van der Waals surface area contributed by atoms with Crippen molar-refractivity contribution < 1.29 is 20.1 Å². The third-order valence-corrected chi connectivity index (χ3v) is 0.514. The van der Waals surface area contributed by atoms with Gasteiger partial charge in [0.25, 0.3) is 0 Å².